The molecule has 0 aliphatic rings. The lowest BCUT2D eigenvalue weighted by Gasteiger charge is -2.08. The Morgan fingerprint density at radius 1 is 1.30 bits per heavy atom. The van der Waals surface area contributed by atoms with E-state index in [1.807, 2.05) is 12.1 Å². The van der Waals surface area contributed by atoms with Crippen LogP contribution < -0.4 is 16.0 Å². The van der Waals surface area contributed by atoms with Gasteiger partial charge in [-0.2, -0.15) is 4.98 Å². The number of hydrogen-bond acceptors (Lipinski definition) is 5. The third-order valence-corrected chi connectivity index (χ3v) is 3.34. The second-order valence-corrected chi connectivity index (χ2v) is 5.19. The van der Waals surface area contributed by atoms with Gasteiger partial charge in [-0.05, 0) is 46.5 Å². The molecule has 0 radical (unpaired) electrons. The topological polar surface area (TPSA) is 73.1 Å². The van der Waals surface area contributed by atoms with E-state index < -0.39 is 0 Å². The highest BCUT2D eigenvalue weighted by Gasteiger charge is 2.07. The van der Waals surface area contributed by atoms with Crippen LogP contribution in [-0.2, 0) is 6.42 Å². The average molecular weight is 337 g/mol. The number of aryl methyl sites for hydroxylation is 1. The van der Waals surface area contributed by atoms with E-state index in [1.54, 1.807) is 6.20 Å². The van der Waals surface area contributed by atoms with Gasteiger partial charge < -0.3 is 4.74 Å². The number of halogens is 1. The smallest absolute Gasteiger partial charge is 0.240 e. The van der Waals surface area contributed by atoms with E-state index in [9.17, 15) is 0 Å². The lowest BCUT2D eigenvalue weighted by atomic mass is 10.1. The molecule has 0 amide bonds. The maximum absolute atomic E-state index is 5.72. The van der Waals surface area contributed by atoms with Crippen LogP contribution in [0.3, 0.4) is 0 Å². The Kier molecular flexibility index (Phi) is 5.31. The summed E-state index contributed by atoms with van der Waals surface area (Å²) in [6.45, 7) is 2.19. The van der Waals surface area contributed by atoms with Crippen LogP contribution in [0.15, 0.2) is 34.9 Å². The first-order chi connectivity index (χ1) is 9.72. The van der Waals surface area contributed by atoms with E-state index in [4.69, 9.17) is 10.6 Å². The molecule has 2 rings (SSSR count). The quantitative estimate of drug-likeness (QED) is 0.622. The van der Waals surface area contributed by atoms with Gasteiger partial charge in [0.15, 0.2) is 0 Å². The van der Waals surface area contributed by atoms with Crippen molar-refractivity contribution in [3.63, 3.8) is 0 Å². The summed E-state index contributed by atoms with van der Waals surface area (Å²) in [6.07, 6.45) is 5.08. The average Bonchev–Trinajstić information content (AvgIpc) is 2.49. The zero-order chi connectivity index (χ0) is 14.4. The number of nitrogens with zero attached hydrogens (tertiary/aromatic N) is 2. The van der Waals surface area contributed by atoms with Crippen molar-refractivity contribution in [3.05, 3.63) is 40.5 Å². The van der Waals surface area contributed by atoms with Crippen molar-refractivity contribution >= 4 is 21.9 Å². The van der Waals surface area contributed by atoms with Crippen molar-refractivity contribution < 1.29 is 4.74 Å². The number of anilines is 1. The molecule has 2 aromatic rings. The Balaban J connectivity index is 2.09. The summed E-state index contributed by atoms with van der Waals surface area (Å²) in [5.74, 6) is 6.75. The Morgan fingerprint density at radius 2 is 2.05 bits per heavy atom. The van der Waals surface area contributed by atoms with Crippen molar-refractivity contribution in [1.29, 1.82) is 0 Å². The van der Waals surface area contributed by atoms with Crippen LogP contribution in [0, 0.1) is 0 Å². The fourth-order valence-corrected chi connectivity index (χ4v) is 1.98. The predicted molar refractivity (Wildman–Crippen MR) is 82.7 cm³/mol. The number of nitrogens with one attached hydrogen (secondary N) is 1. The molecular weight excluding hydrogens is 320 g/mol. The van der Waals surface area contributed by atoms with Gasteiger partial charge >= 0.3 is 0 Å². The van der Waals surface area contributed by atoms with Crippen LogP contribution >= 0.6 is 15.9 Å². The molecule has 1 heterocycles. The molecule has 20 heavy (non-hydrogen) atoms. The number of hydrazine groups is 1. The third kappa shape index (κ3) is 3.91. The molecule has 0 aliphatic heterocycles. The Bertz CT molecular complexity index is 560. The molecule has 5 nitrogen and oxygen atoms in total. The van der Waals surface area contributed by atoms with E-state index in [0.29, 0.717) is 16.3 Å². The number of rotatable bonds is 6. The van der Waals surface area contributed by atoms with E-state index in [2.05, 4.69) is 50.4 Å². The highest BCUT2D eigenvalue weighted by atomic mass is 79.9. The highest BCUT2D eigenvalue weighted by molar-refractivity contribution is 9.10. The van der Waals surface area contributed by atoms with Gasteiger partial charge in [0, 0.05) is 0 Å². The molecule has 0 spiro atoms. The van der Waals surface area contributed by atoms with E-state index in [-0.39, 0.29) is 0 Å². The van der Waals surface area contributed by atoms with E-state index in [1.165, 1.54) is 18.4 Å². The second-order valence-electron chi connectivity index (χ2n) is 4.34. The standard InChI is InChI=1S/C14H17BrN4O/c1-2-3-4-10-5-7-11(8-6-10)20-13-12(15)9-17-14(18-13)19-16/h5-9H,2-4,16H2,1H3,(H,17,18,19). The maximum Gasteiger partial charge on any atom is 0.240 e. The Labute approximate surface area is 126 Å². The third-order valence-electron chi connectivity index (χ3n) is 2.80. The summed E-state index contributed by atoms with van der Waals surface area (Å²) < 4.78 is 6.39. The number of nitrogens with two attached hydrogens (primary N) is 1. The Morgan fingerprint density at radius 3 is 2.70 bits per heavy atom. The second kappa shape index (κ2) is 7.21. The summed E-state index contributed by atoms with van der Waals surface area (Å²) in [5.41, 5.74) is 3.70. The largest absolute Gasteiger partial charge is 0.438 e. The van der Waals surface area contributed by atoms with Gasteiger partial charge in [0.1, 0.15) is 5.75 Å². The number of nitrogen functional groups attached to an aromatic ring is 1. The minimum absolute atomic E-state index is 0.308. The summed E-state index contributed by atoms with van der Waals surface area (Å²) in [4.78, 5) is 8.11. The first kappa shape index (κ1) is 14.7. The molecule has 0 atom stereocenters. The number of hydrogen-bond donors (Lipinski definition) is 2. The minimum Gasteiger partial charge on any atom is -0.438 e. The van der Waals surface area contributed by atoms with Crippen LogP contribution in [0.4, 0.5) is 5.95 Å². The van der Waals surface area contributed by atoms with Crippen molar-refractivity contribution in [1.82, 2.24) is 9.97 Å². The lowest BCUT2D eigenvalue weighted by molar-refractivity contribution is 0.458. The van der Waals surface area contributed by atoms with Crippen LogP contribution in [0.1, 0.15) is 25.3 Å². The van der Waals surface area contributed by atoms with Gasteiger partial charge in [0.2, 0.25) is 11.8 Å². The summed E-state index contributed by atoms with van der Waals surface area (Å²) in [6, 6.07) is 8.02. The van der Waals surface area contributed by atoms with E-state index >= 15 is 0 Å². The molecule has 1 aromatic heterocycles. The highest BCUT2D eigenvalue weighted by Crippen LogP contribution is 2.28. The molecule has 0 saturated carbocycles. The van der Waals surface area contributed by atoms with Crippen molar-refractivity contribution in [2.45, 2.75) is 26.2 Å². The summed E-state index contributed by atoms with van der Waals surface area (Å²) in [5, 5.41) is 0. The number of benzene rings is 1. The van der Waals surface area contributed by atoms with Crippen LogP contribution in [0.25, 0.3) is 0 Å². The maximum atomic E-state index is 5.72. The normalized spacial score (nSPS) is 10.3. The molecule has 0 unspecified atom stereocenters. The molecule has 6 heteroatoms. The minimum atomic E-state index is 0.308. The van der Waals surface area contributed by atoms with Crippen LogP contribution in [-0.4, -0.2) is 9.97 Å². The summed E-state index contributed by atoms with van der Waals surface area (Å²) >= 11 is 3.35. The van der Waals surface area contributed by atoms with Gasteiger partial charge in [-0.1, -0.05) is 25.5 Å². The molecule has 3 N–H and O–H groups in total. The molecule has 0 bridgehead atoms. The number of ether oxygens (including phenoxy) is 1. The molecule has 106 valence electrons. The molecular formula is C14H17BrN4O. The van der Waals surface area contributed by atoms with Crippen molar-refractivity contribution in [2.24, 2.45) is 5.84 Å². The zero-order valence-electron chi connectivity index (χ0n) is 11.3. The van der Waals surface area contributed by atoms with Crippen LogP contribution in [0.5, 0.6) is 11.6 Å². The zero-order valence-corrected chi connectivity index (χ0v) is 12.9. The predicted octanol–water partition coefficient (Wildman–Crippen LogP) is 3.66. The molecule has 0 fully saturated rings. The summed E-state index contributed by atoms with van der Waals surface area (Å²) in [7, 11) is 0. The van der Waals surface area contributed by atoms with Gasteiger partial charge in [-0.15, -0.1) is 0 Å². The van der Waals surface area contributed by atoms with Gasteiger partial charge in [-0.25, -0.2) is 10.8 Å². The van der Waals surface area contributed by atoms with Gasteiger partial charge in [-0.3, -0.25) is 5.43 Å². The van der Waals surface area contributed by atoms with Gasteiger partial charge in [0.25, 0.3) is 0 Å². The first-order valence-electron chi connectivity index (χ1n) is 6.49. The lowest BCUT2D eigenvalue weighted by Crippen LogP contribution is -2.10. The molecule has 1 aromatic carbocycles. The number of aromatic nitrogens is 2. The van der Waals surface area contributed by atoms with E-state index in [0.717, 1.165) is 12.2 Å². The fraction of sp³-hybridized carbons (Fsp3) is 0.286. The van der Waals surface area contributed by atoms with Crippen molar-refractivity contribution in [2.75, 3.05) is 5.43 Å². The Hall–Kier alpha value is -1.66. The molecule has 0 aliphatic carbocycles. The van der Waals surface area contributed by atoms with Crippen LogP contribution in [0.2, 0.25) is 0 Å². The number of unbranched alkanes of at least 4 members (excludes halogenated alkanes) is 1. The molecule has 0 saturated heterocycles. The fourth-order valence-electron chi connectivity index (χ4n) is 1.71. The van der Waals surface area contributed by atoms with Crippen molar-refractivity contribution in [3.8, 4) is 11.6 Å². The first-order valence-corrected chi connectivity index (χ1v) is 7.28. The SMILES string of the molecule is CCCCc1ccc(Oc2nc(NN)ncc2Br)cc1. The van der Waals surface area contributed by atoms with Gasteiger partial charge in [0.05, 0.1) is 10.7 Å². The monoisotopic (exact) mass is 336 g/mol.